The number of likely N-dealkylation sites (tertiary alicyclic amines) is 1. The second-order valence-corrected chi connectivity index (χ2v) is 5.74. The monoisotopic (exact) mass is 337 g/mol. The van der Waals surface area contributed by atoms with Crippen LogP contribution in [0.25, 0.3) is 6.08 Å². The zero-order valence-corrected chi connectivity index (χ0v) is 12.5. The SMILES string of the molecule is O=C(O)C1CCN(C(=O)C=Cc2ccc(Br)cc2)CC1. The molecule has 1 amide bonds. The van der Waals surface area contributed by atoms with Gasteiger partial charge >= 0.3 is 5.97 Å². The Hall–Kier alpha value is -1.62. The predicted molar refractivity (Wildman–Crippen MR) is 80.1 cm³/mol. The number of rotatable bonds is 3. The summed E-state index contributed by atoms with van der Waals surface area (Å²) < 4.78 is 0.997. The van der Waals surface area contributed by atoms with Crippen LogP contribution in [0, 0.1) is 5.92 Å². The molecular formula is C15H16BrNO3. The molecular weight excluding hydrogens is 322 g/mol. The lowest BCUT2D eigenvalue weighted by Gasteiger charge is -2.29. The Bertz CT molecular complexity index is 516. The number of halogens is 1. The van der Waals surface area contributed by atoms with Crippen LogP contribution in [0.2, 0.25) is 0 Å². The standard InChI is InChI=1S/C15H16BrNO3/c16-13-4-1-11(2-5-13)3-6-14(18)17-9-7-12(8-10-17)15(19)20/h1-6,12H,7-10H2,(H,19,20). The van der Waals surface area contributed by atoms with Gasteiger partial charge in [0.1, 0.15) is 0 Å². The van der Waals surface area contributed by atoms with E-state index >= 15 is 0 Å². The summed E-state index contributed by atoms with van der Waals surface area (Å²) in [5.74, 6) is -1.13. The Kier molecular flexibility index (Phi) is 4.95. The molecule has 0 saturated carbocycles. The molecule has 1 aliphatic rings. The number of carboxylic acids is 1. The third kappa shape index (κ3) is 3.93. The van der Waals surface area contributed by atoms with E-state index in [1.165, 1.54) is 0 Å². The molecule has 1 N–H and O–H groups in total. The van der Waals surface area contributed by atoms with Crippen molar-refractivity contribution >= 4 is 33.9 Å². The summed E-state index contributed by atoms with van der Waals surface area (Å²) in [6, 6.07) is 7.68. The van der Waals surface area contributed by atoms with Gasteiger partial charge in [-0.25, -0.2) is 0 Å². The predicted octanol–water partition coefficient (Wildman–Crippen LogP) is 2.79. The second kappa shape index (κ2) is 6.70. The molecule has 20 heavy (non-hydrogen) atoms. The van der Waals surface area contributed by atoms with Gasteiger partial charge in [0.25, 0.3) is 0 Å². The minimum Gasteiger partial charge on any atom is -0.481 e. The third-order valence-electron chi connectivity index (χ3n) is 3.44. The molecule has 0 atom stereocenters. The Morgan fingerprint density at radius 1 is 1.20 bits per heavy atom. The molecule has 1 fully saturated rings. The van der Waals surface area contributed by atoms with Crippen LogP contribution in [0.5, 0.6) is 0 Å². The molecule has 0 spiro atoms. The van der Waals surface area contributed by atoms with Crippen LogP contribution in [-0.4, -0.2) is 35.0 Å². The first kappa shape index (κ1) is 14.8. The summed E-state index contributed by atoms with van der Waals surface area (Å²) >= 11 is 3.36. The Labute approximate surface area is 126 Å². The maximum Gasteiger partial charge on any atom is 0.306 e. The summed E-state index contributed by atoms with van der Waals surface area (Å²) in [6.07, 6.45) is 4.39. The molecule has 1 saturated heterocycles. The van der Waals surface area contributed by atoms with Gasteiger partial charge in [0.15, 0.2) is 0 Å². The summed E-state index contributed by atoms with van der Waals surface area (Å²) in [4.78, 5) is 24.5. The zero-order chi connectivity index (χ0) is 14.5. The third-order valence-corrected chi connectivity index (χ3v) is 3.97. The molecule has 2 rings (SSSR count). The molecule has 0 aromatic heterocycles. The molecule has 1 aromatic rings. The summed E-state index contributed by atoms with van der Waals surface area (Å²) in [5.41, 5.74) is 0.960. The Morgan fingerprint density at radius 2 is 1.80 bits per heavy atom. The molecule has 106 valence electrons. The number of hydrogen-bond acceptors (Lipinski definition) is 2. The summed E-state index contributed by atoms with van der Waals surface area (Å²) in [5, 5.41) is 8.92. The quantitative estimate of drug-likeness (QED) is 0.863. The average Bonchev–Trinajstić information content (AvgIpc) is 2.46. The van der Waals surface area contributed by atoms with Crippen LogP contribution in [0.4, 0.5) is 0 Å². The van der Waals surface area contributed by atoms with Gasteiger partial charge in [-0.1, -0.05) is 28.1 Å². The number of carbonyl (C=O) groups excluding carboxylic acids is 1. The molecule has 5 heteroatoms. The first-order valence-corrected chi connectivity index (χ1v) is 7.31. The largest absolute Gasteiger partial charge is 0.481 e. The van der Waals surface area contributed by atoms with Gasteiger partial charge < -0.3 is 10.0 Å². The van der Waals surface area contributed by atoms with Gasteiger partial charge in [0, 0.05) is 23.6 Å². The van der Waals surface area contributed by atoms with Crippen molar-refractivity contribution < 1.29 is 14.7 Å². The Morgan fingerprint density at radius 3 is 2.35 bits per heavy atom. The van der Waals surface area contributed by atoms with Crippen LogP contribution in [0.1, 0.15) is 18.4 Å². The van der Waals surface area contributed by atoms with E-state index in [1.807, 2.05) is 24.3 Å². The highest BCUT2D eigenvalue weighted by atomic mass is 79.9. The minimum atomic E-state index is -0.762. The van der Waals surface area contributed by atoms with Gasteiger partial charge in [-0.3, -0.25) is 9.59 Å². The van der Waals surface area contributed by atoms with E-state index in [0.717, 1.165) is 10.0 Å². The normalized spacial score (nSPS) is 16.6. The smallest absolute Gasteiger partial charge is 0.306 e. The van der Waals surface area contributed by atoms with E-state index in [9.17, 15) is 9.59 Å². The molecule has 0 aliphatic carbocycles. The number of hydrogen-bond donors (Lipinski definition) is 1. The average molecular weight is 338 g/mol. The molecule has 0 bridgehead atoms. The van der Waals surface area contributed by atoms with Gasteiger partial charge in [-0.05, 0) is 36.6 Å². The van der Waals surface area contributed by atoms with Crippen LogP contribution >= 0.6 is 15.9 Å². The highest BCUT2D eigenvalue weighted by molar-refractivity contribution is 9.10. The molecule has 1 aromatic carbocycles. The van der Waals surface area contributed by atoms with Crippen molar-refractivity contribution in [2.45, 2.75) is 12.8 Å². The second-order valence-electron chi connectivity index (χ2n) is 4.82. The number of nitrogens with zero attached hydrogens (tertiary/aromatic N) is 1. The number of piperidine rings is 1. The van der Waals surface area contributed by atoms with Crippen LogP contribution in [-0.2, 0) is 9.59 Å². The first-order valence-electron chi connectivity index (χ1n) is 6.51. The van der Waals surface area contributed by atoms with Crippen molar-refractivity contribution in [3.8, 4) is 0 Å². The summed E-state index contributed by atoms with van der Waals surface area (Å²) in [7, 11) is 0. The van der Waals surface area contributed by atoms with Crippen LogP contribution < -0.4 is 0 Å². The fourth-order valence-corrected chi connectivity index (χ4v) is 2.46. The van der Waals surface area contributed by atoms with Crippen molar-refractivity contribution in [3.63, 3.8) is 0 Å². The highest BCUT2D eigenvalue weighted by Crippen LogP contribution is 2.18. The van der Waals surface area contributed by atoms with Crippen LogP contribution in [0.3, 0.4) is 0 Å². The summed E-state index contributed by atoms with van der Waals surface area (Å²) in [6.45, 7) is 1.03. The Balaban J connectivity index is 1.89. The van der Waals surface area contributed by atoms with Crippen molar-refractivity contribution in [2.24, 2.45) is 5.92 Å². The van der Waals surface area contributed by atoms with Crippen LogP contribution in [0.15, 0.2) is 34.8 Å². The van der Waals surface area contributed by atoms with Crippen molar-refractivity contribution in [1.29, 1.82) is 0 Å². The fourth-order valence-electron chi connectivity index (χ4n) is 2.19. The maximum absolute atomic E-state index is 12.0. The van der Waals surface area contributed by atoms with E-state index < -0.39 is 5.97 Å². The lowest BCUT2D eigenvalue weighted by Crippen LogP contribution is -2.39. The number of amides is 1. The molecule has 0 unspecified atom stereocenters. The first-order chi connectivity index (χ1) is 9.56. The van der Waals surface area contributed by atoms with E-state index in [4.69, 9.17) is 5.11 Å². The number of carboxylic acid groups (broad SMARTS) is 1. The van der Waals surface area contributed by atoms with E-state index in [1.54, 1.807) is 17.1 Å². The maximum atomic E-state index is 12.0. The van der Waals surface area contributed by atoms with E-state index in [2.05, 4.69) is 15.9 Å². The van der Waals surface area contributed by atoms with Gasteiger partial charge in [-0.2, -0.15) is 0 Å². The number of aliphatic carboxylic acids is 1. The van der Waals surface area contributed by atoms with Gasteiger partial charge in [0.05, 0.1) is 5.92 Å². The number of benzene rings is 1. The molecule has 1 aliphatic heterocycles. The van der Waals surface area contributed by atoms with Gasteiger partial charge in [0.2, 0.25) is 5.91 Å². The lowest BCUT2D eigenvalue weighted by molar-refractivity contribution is -0.144. The molecule has 4 nitrogen and oxygen atoms in total. The molecule has 1 heterocycles. The van der Waals surface area contributed by atoms with Crippen molar-refractivity contribution in [1.82, 2.24) is 4.90 Å². The van der Waals surface area contributed by atoms with E-state index in [-0.39, 0.29) is 11.8 Å². The van der Waals surface area contributed by atoms with Crippen molar-refractivity contribution in [3.05, 3.63) is 40.4 Å². The lowest BCUT2D eigenvalue weighted by atomic mass is 9.97. The zero-order valence-electron chi connectivity index (χ0n) is 11.0. The van der Waals surface area contributed by atoms with E-state index in [0.29, 0.717) is 25.9 Å². The minimum absolute atomic E-state index is 0.0586. The molecule has 0 radical (unpaired) electrons. The fraction of sp³-hybridized carbons (Fsp3) is 0.333. The topological polar surface area (TPSA) is 57.6 Å². The highest BCUT2D eigenvalue weighted by Gasteiger charge is 2.25. The van der Waals surface area contributed by atoms with Crippen molar-refractivity contribution in [2.75, 3.05) is 13.1 Å². The van der Waals surface area contributed by atoms with Gasteiger partial charge in [-0.15, -0.1) is 0 Å². The number of carbonyl (C=O) groups is 2.